The van der Waals surface area contributed by atoms with Crippen LogP contribution in [0.25, 0.3) is 21.7 Å². The van der Waals surface area contributed by atoms with Crippen molar-refractivity contribution in [3.63, 3.8) is 0 Å². The molecular weight excluding hydrogens is 713 g/mol. The Morgan fingerprint density at radius 2 is 1.31 bits per heavy atom. The van der Waals surface area contributed by atoms with E-state index in [0.29, 0.717) is 32.2 Å². The standard InChI is InChI=1S/C37H33Cl2N5O8/c38-24-7-10-26(11-8-24)40-34(49)28(13-14-32(45)46)42-37(52)31(19-33(47)48)44-35(50)29(16-20-5-6-21-3-1-2-4-22(21)15-20)43-36(51)30-18-23-17-25(39)9-12-27(23)41-30/h1-12,15,17-18,28-29,31,41H,13-14,16,19H2,(H,40,49)(H,42,52)(H,43,51)(H,44,50)(H,45,46)(H,47,48)/t28-,29-,31-/m0/s1. The number of amides is 4. The number of carbonyl (C=O) groups excluding carboxylic acids is 4. The van der Waals surface area contributed by atoms with Gasteiger partial charge in [0.2, 0.25) is 17.7 Å². The molecule has 1 aromatic heterocycles. The van der Waals surface area contributed by atoms with E-state index in [9.17, 15) is 39.0 Å². The number of carboxylic acids is 2. The lowest BCUT2D eigenvalue weighted by molar-refractivity contribution is -0.141. The van der Waals surface area contributed by atoms with Crippen LogP contribution in [0.15, 0.2) is 91.0 Å². The predicted octanol–water partition coefficient (Wildman–Crippen LogP) is 4.92. The van der Waals surface area contributed by atoms with Crippen molar-refractivity contribution in [1.82, 2.24) is 20.9 Å². The molecule has 0 radical (unpaired) electrons. The van der Waals surface area contributed by atoms with Crippen LogP contribution in [0.3, 0.4) is 0 Å². The summed E-state index contributed by atoms with van der Waals surface area (Å²) in [6.45, 7) is 0. The zero-order chi connectivity index (χ0) is 37.4. The van der Waals surface area contributed by atoms with E-state index in [2.05, 4.69) is 26.3 Å². The number of halogens is 2. The fourth-order valence-corrected chi connectivity index (χ4v) is 5.81. The summed E-state index contributed by atoms with van der Waals surface area (Å²) >= 11 is 12.0. The van der Waals surface area contributed by atoms with Gasteiger partial charge in [0.1, 0.15) is 23.8 Å². The van der Waals surface area contributed by atoms with Gasteiger partial charge in [-0.05, 0) is 71.3 Å². The fraction of sp³-hybridized carbons (Fsp3) is 0.189. The third-order valence-electron chi connectivity index (χ3n) is 8.11. The van der Waals surface area contributed by atoms with Crippen LogP contribution in [0.2, 0.25) is 10.0 Å². The molecule has 0 saturated carbocycles. The molecule has 15 heteroatoms. The van der Waals surface area contributed by atoms with Crippen LogP contribution in [0.1, 0.15) is 35.3 Å². The Kier molecular flexibility index (Phi) is 12.1. The highest BCUT2D eigenvalue weighted by Crippen LogP contribution is 2.21. The van der Waals surface area contributed by atoms with Crippen molar-refractivity contribution in [1.29, 1.82) is 0 Å². The topological polar surface area (TPSA) is 207 Å². The summed E-state index contributed by atoms with van der Waals surface area (Å²) in [6.07, 6.45) is -1.78. The Labute approximate surface area is 306 Å². The summed E-state index contributed by atoms with van der Waals surface area (Å²) in [5.74, 6) is -6.05. The number of carbonyl (C=O) groups is 6. The minimum atomic E-state index is -1.72. The summed E-state index contributed by atoms with van der Waals surface area (Å²) in [7, 11) is 0. The van der Waals surface area contributed by atoms with Crippen LogP contribution in [0, 0.1) is 0 Å². The third-order valence-corrected chi connectivity index (χ3v) is 8.59. The number of fused-ring (bicyclic) bond motifs is 2. The first-order chi connectivity index (χ1) is 24.8. The summed E-state index contributed by atoms with van der Waals surface area (Å²) in [5.41, 5.74) is 1.72. The number of aromatic nitrogens is 1. The maximum Gasteiger partial charge on any atom is 0.305 e. The van der Waals surface area contributed by atoms with Crippen LogP contribution < -0.4 is 21.3 Å². The molecule has 5 aromatic rings. The molecule has 52 heavy (non-hydrogen) atoms. The van der Waals surface area contributed by atoms with Gasteiger partial charge in [0, 0.05) is 39.5 Å². The van der Waals surface area contributed by atoms with E-state index in [1.807, 2.05) is 36.4 Å². The van der Waals surface area contributed by atoms with Gasteiger partial charge in [-0.15, -0.1) is 0 Å². The molecule has 0 spiro atoms. The minimum absolute atomic E-state index is 0.0411. The molecule has 4 aromatic carbocycles. The van der Waals surface area contributed by atoms with E-state index in [-0.39, 0.29) is 18.5 Å². The van der Waals surface area contributed by atoms with Gasteiger partial charge in [0.15, 0.2) is 0 Å². The quantitative estimate of drug-likeness (QED) is 0.0781. The molecule has 0 saturated heterocycles. The zero-order valence-corrected chi connectivity index (χ0v) is 28.8. The van der Waals surface area contributed by atoms with Gasteiger partial charge in [0.25, 0.3) is 5.91 Å². The maximum absolute atomic E-state index is 13.9. The van der Waals surface area contributed by atoms with E-state index in [0.717, 1.165) is 10.8 Å². The van der Waals surface area contributed by atoms with E-state index < -0.39 is 66.5 Å². The average molecular weight is 747 g/mol. The van der Waals surface area contributed by atoms with Crippen molar-refractivity contribution >= 4 is 86.1 Å². The van der Waals surface area contributed by atoms with Crippen molar-refractivity contribution in [2.24, 2.45) is 0 Å². The Bertz CT molecular complexity index is 2150. The highest BCUT2D eigenvalue weighted by molar-refractivity contribution is 6.31. The van der Waals surface area contributed by atoms with Crippen molar-refractivity contribution in [2.45, 2.75) is 43.8 Å². The van der Waals surface area contributed by atoms with E-state index >= 15 is 0 Å². The number of rotatable bonds is 15. The number of hydrogen-bond donors (Lipinski definition) is 7. The van der Waals surface area contributed by atoms with Crippen molar-refractivity contribution in [3.05, 3.63) is 112 Å². The van der Waals surface area contributed by atoms with Gasteiger partial charge in [-0.3, -0.25) is 28.8 Å². The molecule has 268 valence electrons. The minimum Gasteiger partial charge on any atom is -0.481 e. The van der Waals surface area contributed by atoms with Crippen LogP contribution in [0.5, 0.6) is 0 Å². The van der Waals surface area contributed by atoms with Gasteiger partial charge < -0.3 is 36.5 Å². The number of anilines is 1. The summed E-state index contributed by atoms with van der Waals surface area (Å²) in [5, 5.41) is 32.3. The second-order valence-corrected chi connectivity index (χ2v) is 12.8. The van der Waals surface area contributed by atoms with E-state index in [1.165, 1.54) is 24.3 Å². The van der Waals surface area contributed by atoms with Crippen molar-refractivity contribution in [3.8, 4) is 0 Å². The van der Waals surface area contributed by atoms with Gasteiger partial charge >= 0.3 is 11.9 Å². The Morgan fingerprint density at radius 1 is 0.635 bits per heavy atom. The summed E-state index contributed by atoms with van der Waals surface area (Å²) in [6, 6.07) is 21.2. The number of aliphatic carboxylic acids is 2. The smallest absolute Gasteiger partial charge is 0.305 e. The summed E-state index contributed by atoms with van der Waals surface area (Å²) in [4.78, 5) is 80.3. The monoisotopic (exact) mass is 745 g/mol. The van der Waals surface area contributed by atoms with Gasteiger partial charge in [0.05, 0.1) is 6.42 Å². The molecule has 3 atom stereocenters. The normalized spacial score (nSPS) is 12.7. The van der Waals surface area contributed by atoms with Crippen molar-refractivity contribution < 1.29 is 39.0 Å². The fourth-order valence-electron chi connectivity index (χ4n) is 5.50. The van der Waals surface area contributed by atoms with Crippen LogP contribution in [-0.2, 0) is 30.4 Å². The lowest BCUT2D eigenvalue weighted by atomic mass is 10.0. The molecule has 0 aliphatic rings. The number of benzene rings is 4. The van der Waals surface area contributed by atoms with E-state index in [1.54, 1.807) is 30.3 Å². The second kappa shape index (κ2) is 16.9. The van der Waals surface area contributed by atoms with Gasteiger partial charge in [-0.25, -0.2) is 0 Å². The van der Waals surface area contributed by atoms with Crippen LogP contribution in [0.4, 0.5) is 5.69 Å². The number of aromatic amines is 1. The first kappa shape index (κ1) is 37.3. The zero-order valence-electron chi connectivity index (χ0n) is 27.3. The number of carboxylic acid groups (broad SMARTS) is 2. The molecule has 0 bridgehead atoms. The molecule has 1 heterocycles. The largest absolute Gasteiger partial charge is 0.481 e. The molecule has 4 amide bonds. The van der Waals surface area contributed by atoms with E-state index in [4.69, 9.17) is 23.2 Å². The first-order valence-corrected chi connectivity index (χ1v) is 16.8. The Hall–Kier alpha value is -5.92. The first-order valence-electron chi connectivity index (χ1n) is 16.0. The highest BCUT2D eigenvalue weighted by atomic mass is 35.5. The molecular formula is C37H33Cl2N5O8. The van der Waals surface area contributed by atoms with Crippen molar-refractivity contribution in [2.75, 3.05) is 5.32 Å². The number of hydrogen-bond acceptors (Lipinski definition) is 6. The second-order valence-electron chi connectivity index (χ2n) is 12.0. The van der Waals surface area contributed by atoms with Gasteiger partial charge in [-0.2, -0.15) is 0 Å². The molecule has 5 rings (SSSR count). The lowest BCUT2D eigenvalue weighted by Crippen LogP contribution is -2.57. The Balaban J connectivity index is 1.38. The lowest BCUT2D eigenvalue weighted by Gasteiger charge is -2.24. The number of nitrogens with one attached hydrogen (secondary N) is 5. The molecule has 0 unspecified atom stereocenters. The SMILES string of the molecule is O=C(O)CC[C@H](NC(=O)[C@H](CC(=O)O)NC(=O)[C@H](Cc1ccc2ccccc2c1)NC(=O)c1cc2cc(Cl)ccc2[nH]1)C(=O)Nc1ccc(Cl)cc1. The molecule has 13 nitrogen and oxygen atoms in total. The average Bonchev–Trinajstić information content (AvgIpc) is 3.53. The van der Waals surface area contributed by atoms with Crippen LogP contribution >= 0.6 is 23.2 Å². The maximum atomic E-state index is 13.9. The van der Waals surface area contributed by atoms with Gasteiger partial charge in [-0.1, -0.05) is 65.7 Å². The predicted molar refractivity (Wildman–Crippen MR) is 195 cm³/mol. The molecule has 0 aliphatic heterocycles. The molecule has 0 aliphatic carbocycles. The third kappa shape index (κ3) is 10.1. The Morgan fingerprint density at radius 3 is 2.02 bits per heavy atom. The van der Waals surface area contributed by atoms with Crippen LogP contribution in [-0.4, -0.2) is 68.9 Å². The molecule has 7 N–H and O–H groups in total. The molecule has 0 fully saturated rings. The number of H-pyrrole nitrogens is 1. The highest BCUT2D eigenvalue weighted by Gasteiger charge is 2.32. The summed E-state index contributed by atoms with van der Waals surface area (Å²) < 4.78 is 0.